The van der Waals surface area contributed by atoms with Gasteiger partial charge in [-0.05, 0) is 85.3 Å². The SMILES string of the molecule is Cc1oc(-c2ccccc2)nc1CCOc1cccc(C[C@@H]2CN(Cc3ccccc3)C[C@H]2C(=O)N2C3CC4CC[C@]3(CS2(=O)=O)C4(C)C)c1. The molecule has 2 bridgehead atoms. The van der Waals surface area contributed by atoms with Gasteiger partial charge in [-0.3, -0.25) is 9.69 Å². The molecule has 9 heteroatoms. The zero-order valence-corrected chi connectivity index (χ0v) is 30.1. The van der Waals surface area contributed by atoms with Gasteiger partial charge in [0.2, 0.25) is 21.8 Å². The van der Waals surface area contributed by atoms with Gasteiger partial charge in [0, 0.05) is 37.0 Å². The molecule has 1 aromatic heterocycles. The number of oxazole rings is 1. The van der Waals surface area contributed by atoms with Crippen LogP contribution >= 0.6 is 0 Å². The van der Waals surface area contributed by atoms with Crippen LogP contribution in [0.4, 0.5) is 0 Å². The van der Waals surface area contributed by atoms with Crippen LogP contribution in [0.1, 0.15) is 55.7 Å². The monoisotopic (exact) mass is 693 g/mol. The third-order valence-corrected chi connectivity index (χ3v) is 14.5. The van der Waals surface area contributed by atoms with E-state index >= 15 is 0 Å². The fourth-order valence-corrected chi connectivity index (χ4v) is 12.4. The number of sulfonamides is 1. The second-order valence-corrected chi connectivity index (χ2v) is 17.5. The van der Waals surface area contributed by atoms with Crippen molar-refractivity contribution in [1.82, 2.24) is 14.2 Å². The van der Waals surface area contributed by atoms with Gasteiger partial charge in [-0.1, -0.05) is 74.5 Å². The number of rotatable bonds is 10. The van der Waals surface area contributed by atoms with Gasteiger partial charge in [0.1, 0.15) is 11.5 Å². The van der Waals surface area contributed by atoms with E-state index in [9.17, 15) is 13.2 Å². The Morgan fingerprint density at radius 2 is 1.72 bits per heavy atom. The van der Waals surface area contributed by atoms with E-state index in [-0.39, 0.29) is 34.4 Å². The lowest BCUT2D eigenvalue weighted by molar-refractivity contribution is -0.134. The van der Waals surface area contributed by atoms with Crippen molar-refractivity contribution in [2.45, 2.75) is 65.5 Å². The van der Waals surface area contributed by atoms with Gasteiger partial charge >= 0.3 is 0 Å². The molecule has 2 aliphatic heterocycles. The Kier molecular flexibility index (Phi) is 8.42. The van der Waals surface area contributed by atoms with Gasteiger partial charge in [-0.25, -0.2) is 17.7 Å². The average molecular weight is 694 g/mol. The zero-order chi connectivity index (χ0) is 34.7. The van der Waals surface area contributed by atoms with E-state index in [1.807, 2.05) is 67.6 Å². The molecule has 0 radical (unpaired) electrons. The maximum atomic E-state index is 14.6. The normalized spacial score (nSPS) is 27.9. The quantitative estimate of drug-likeness (QED) is 0.178. The van der Waals surface area contributed by atoms with Crippen LogP contribution in [0.2, 0.25) is 0 Å². The van der Waals surface area contributed by atoms with E-state index in [1.54, 1.807) is 0 Å². The standard InChI is InChI=1S/C41H47N3O5S/c1-28-36(42-38(49-28)31-14-8-5-9-15-31)18-20-48-34-16-10-13-30(22-34)21-32-25-43(24-29-11-6-4-7-12-29)26-35(32)39(45)44-37-23-33-17-19-41(37,40(33,2)3)27-50(44,46)47/h4-16,22,32-33,35,37H,17-21,23-27H2,1-3H3/t32-,33?,35-,37?,41-/m1/s1. The maximum Gasteiger partial charge on any atom is 0.241 e. The van der Waals surface area contributed by atoms with Crippen molar-refractivity contribution in [1.29, 1.82) is 0 Å². The Morgan fingerprint density at radius 3 is 2.48 bits per heavy atom. The van der Waals surface area contributed by atoms with E-state index in [0.29, 0.717) is 37.8 Å². The molecule has 1 amide bonds. The molecule has 8 nitrogen and oxygen atoms in total. The fourth-order valence-electron chi connectivity index (χ4n) is 9.86. The van der Waals surface area contributed by atoms with Crippen LogP contribution in [0.25, 0.3) is 11.5 Å². The number of hydrogen-bond donors (Lipinski definition) is 0. The van der Waals surface area contributed by atoms with Gasteiger partial charge in [-0.2, -0.15) is 0 Å². The summed E-state index contributed by atoms with van der Waals surface area (Å²) in [5.74, 6) is 2.13. The van der Waals surface area contributed by atoms with Crippen molar-refractivity contribution in [3.05, 3.63) is 108 Å². The Labute approximate surface area is 295 Å². The number of amides is 1. The van der Waals surface area contributed by atoms with Gasteiger partial charge in [0.05, 0.1) is 30.0 Å². The van der Waals surface area contributed by atoms with Crippen LogP contribution in [0, 0.1) is 35.5 Å². The van der Waals surface area contributed by atoms with Crippen LogP contribution in [0.3, 0.4) is 0 Å². The van der Waals surface area contributed by atoms with E-state index in [1.165, 1.54) is 9.87 Å². The van der Waals surface area contributed by atoms with E-state index in [4.69, 9.17) is 14.1 Å². The lowest BCUT2D eigenvalue weighted by atomic mass is 9.69. The van der Waals surface area contributed by atoms with Crippen molar-refractivity contribution >= 4 is 15.9 Å². The van der Waals surface area contributed by atoms with Crippen LogP contribution in [0.5, 0.6) is 5.75 Å². The first kappa shape index (κ1) is 33.2. The first-order valence-corrected chi connectivity index (χ1v) is 19.7. The summed E-state index contributed by atoms with van der Waals surface area (Å²) in [6, 6.07) is 28.1. The molecule has 2 unspecified atom stereocenters. The highest BCUT2D eigenvalue weighted by Crippen LogP contribution is 2.70. The van der Waals surface area contributed by atoms with Crippen molar-refractivity contribution < 1.29 is 22.4 Å². The summed E-state index contributed by atoms with van der Waals surface area (Å²) >= 11 is 0. The third kappa shape index (κ3) is 5.76. The van der Waals surface area contributed by atoms with Gasteiger partial charge < -0.3 is 9.15 Å². The molecule has 2 saturated heterocycles. The molecule has 5 atom stereocenters. The molecular formula is C41H47N3O5S. The summed E-state index contributed by atoms with van der Waals surface area (Å²) < 4.78 is 41.3. The van der Waals surface area contributed by atoms with Crippen molar-refractivity contribution in [3.63, 3.8) is 0 Å². The van der Waals surface area contributed by atoms with Crippen LogP contribution in [0.15, 0.2) is 89.3 Å². The van der Waals surface area contributed by atoms with Crippen molar-refractivity contribution in [2.24, 2.45) is 28.6 Å². The lowest BCUT2D eigenvalue weighted by Crippen LogP contribution is -2.47. The third-order valence-electron chi connectivity index (χ3n) is 12.6. The molecule has 3 aromatic carbocycles. The molecular weight excluding hydrogens is 647 g/mol. The molecule has 0 N–H and O–H groups in total. The fraction of sp³-hybridized carbons (Fsp3) is 0.463. The van der Waals surface area contributed by atoms with Gasteiger partial charge in [0.15, 0.2) is 0 Å². The second-order valence-electron chi connectivity index (χ2n) is 15.6. The van der Waals surface area contributed by atoms with E-state index in [0.717, 1.165) is 60.7 Å². The number of hydrogen-bond acceptors (Lipinski definition) is 7. The number of carbonyl (C=O) groups is 1. The number of likely N-dealkylation sites (tertiary alicyclic amines) is 1. The number of nitrogens with zero attached hydrogens (tertiary/aromatic N) is 3. The number of fused-ring (bicyclic) bond motifs is 1. The first-order chi connectivity index (χ1) is 24.0. The summed E-state index contributed by atoms with van der Waals surface area (Å²) in [6.45, 7) is 8.86. The van der Waals surface area contributed by atoms with Crippen LogP contribution < -0.4 is 4.74 Å². The van der Waals surface area contributed by atoms with Gasteiger partial charge in [0.25, 0.3) is 0 Å². The molecule has 50 heavy (non-hydrogen) atoms. The van der Waals surface area contributed by atoms with Gasteiger partial charge in [-0.15, -0.1) is 0 Å². The molecule has 4 aromatic rings. The molecule has 4 fully saturated rings. The van der Waals surface area contributed by atoms with Crippen molar-refractivity contribution in [3.8, 4) is 17.2 Å². The molecule has 1 spiro atoms. The number of carbonyl (C=O) groups excluding carboxylic acids is 1. The second kappa shape index (κ2) is 12.7. The predicted octanol–water partition coefficient (Wildman–Crippen LogP) is 6.93. The average Bonchev–Trinajstić information content (AvgIpc) is 3.84. The summed E-state index contributed by atoms with van der Waals surface area (Å²) in [5.41, 5.74) is 3.69. The zero-order valence-electron chi connectivity index (χ0n) is 29.3. The molecule has 4 aliphatic rings. The smallest absolute Gasteiger partial charge is 0.241 e. The summed E-state index contributed by atoms with van der Waals surface area (Å²) in [5, 5.41) is 0. The number of benzene rings is 3. The maximum absolute atomic E-state index is 14.6. The number of aromatic nitrogens is 1. The van der Waals surface area contributed by atoms with E-state index in [2.05, 4.69) is 43.0 Å². The Bertz CT molecular complexity index is 1980. The summed E-state index contributed by atoms with van der Waals surface area (Å²) in [4.78, 5) is 21.7. The molecule has 3 heterocycles. The number of ether oxygens (including phenoxy) is 1. The lowest BCUT2D eigenvalue weighted by Gasteiger charge is -2.37. The Balaban J connectivity index is 0.987. The minimum absolute atomic E-state index is 0.0194. The molecule has 8 rings (SSSR count). The summed E-state index contributed by atoms with van der Waals surface area (Å²) in [6.07, 6.45) is 4.03. The topological polar surface area (TPSA) is 93.0 Å². The number of aryl methyl sites for hydroxylation is 1. The molecule has 2 saturated carbocycles. The highest BCUT2D eigenvalue weighted by Gasteiger charge is 2.72. The van der Waals surface area contributed by atoms with Crippen LogP contribution in [-0.2, 0) is 34.2 Å². The highest BCUT2D eigenvalue weighted by molar-refractivity contribution is 7.90. The molecule has 2 aliphatic carbocycles. The first-order valence-electron chi connectivity index (χ1n) is 18.1. The molecule has 262 valence electrons. The van der Waals surface area contributed by atoms with Crippen molar-refractivity contribution in [2.75, 3.05) is 25.4 Å². The highest BCUT2D eigenvalue weighted by atomic mass is 32.2. The Morgan fingerprint density at radius 1 is 0.980 bits per heavy atom. The minimum Gasteiger partial charge on any atom is -0.493 e. The minimum atomic E-state index is -3.69. The van der Waals surface area contributed by atoms with E-state index < -0.39 is 15.9 Å². The van der Waals surface area contributed by atoms with Crippen LogP contribution in [-0.4, -0.2) is 60.0 Å². The summed E-state index contributed by atoms with van der Waals surface area (Å²) in [7, 11) is -3.69. The largest absolute Gasteiger partial charge is 0.493 e. The Hall–Kier alpha value is -3.95. The predicted molar refractivity (Wildman–Crippen MR) is 193 cm³/mol.